The highest BCUT2D eigenvalue weighted by molar-refractivity contribution is 7.85. The van der Waals surface area contributed by atoms with E-state index in [4.69, 9.17) is 8.92 Å². The van der Waals surface area contributed by atoms with Crippen LogP contribution >= 0.6 is 0 Å². The predicted octanol–water partition coefficient (Wildman–Crippen LogP) is 3.74. The molecule has 26 heavy (non-hydrogen) atoms. The van der Waals surface area contributed by atoms with Gasteiger partial charge in [0.25, 0.3) is 10.1 Å². The van der Waals surface area contributed by atoms with Crippen molar-refractivity contribution in [1.82, 2.24) is 4.90 Å². The number of benzene rings is 1. The molecule has 0 atom stereocenters. The van der Waals surface area contributed by atoms with Crippen LogP contribution in [-0.2, 0) is 14.3 Å². The topological polar surface area (TPSA) is 72.9 Å². The van der Waals surface area contributed by atoms with Crippen LogP contribution in [0.5, 0.6) is 5.75 Å². The second-order valence-electron chi connectivity index (χ2n) is 7.13. The Bertz CT molecular complexity index is 678. The molecule has 0 heterocycles. The smallest absolute Gasteiger partial charge is 0.410 e. The van der Waals surface area contributed by atoms with Crippen molar-refractivity contribution in [2.75, 3.05) is 19.9 Å². The Morgan fingerprint density at radius 1 is 1.15 bits per heavy atom. The van der Waals surface area contributed by atoms with Gasteiger partial charge in [0.15, 0.2) is 0 Å². The van der Waals surface area contributed by atoms with E-state index in [2.05, 4.69) is 0 Å². The monoisotopic (exact) mass is 383 g/mol. The molecule has 2 rings (SSSR count). The van der Waals surface area contributed by atoms with E-state index in [0.717, 1.165) is 50.3 Å². The average molecular weight is 384 g/mol. The second-order valence-corrected chi connectivity index (χ2v) is 8.78. The lowest BCUT2D eigenvalue weighted by Crippen LogP contribution is -2.41. The first kappa shape index (κ1) is 20.7. The summed E-state index contributed by atoms with van der Waals surface area (Å²) in [6.07, 6.45) is 6.40. The molecule has 0 radical (unpaired) electrons. The van der Waals surface area contributed by atoms with Gasteiger partial charge in [-0.25, -0.2) is 4.79 Å². The molecule has 1 saturated carbocycles. The number of ether oxygens (including phenoxy) is 1. The first-order chi connectivity index (χ1) is 12.2. The fraction of sp³-hybridized carbons (Fsp3) is 0.632. The van der Waals surface area contributed by atoms with E-state index in [9.17, 15) is 13.2 Å². The van der Waals surface area contributed by atoms with E-state index in [0.29, 0.717) is 11.7 Å². The van der Waals surface area contributed by atoms with Gasteiger partial charge < -0.3 is 9.64 Å². The van der Waals surface area contributed by atoms with Crippen LogP contribution in [0.2, 0.25) is 0 Å². The van der Waals surface area contributed by atoms with Crippen molar-refractivity contribution in [3.05, 3.63) is 29.8 Å². The lowest BCUT2D eigenvalue weighted by Gasteiger charge is -2.34. The van der Waals surface area contributed by atoms with Crippen LogP contribution in [-0.4, -0.2) is 45.4 Å². The Morgan fingerprint density at radius 3 is 2.35 bits per heavy atom. The Balaban J connectivity index is 1.71. The van der Waals surface area contributed by atoms with Gasteiger partial charge in [0.05, 0.1) is 12.9 Å². The maximum Gasteiger partial charge on any atom is 0.415 e. The molecule has 1 aromatic carbocycles. The molecule has 1 aromatic rings. The summed E-state index contributed by atoms with van der Waals surface area (Å²) in [7, 11) is -1.55. The van der Waals surface area contributed by atoms with Crippen molar-refractivity contribution in [2.24, 2.45) is 5.92 Å². The Kier molecular flexibility index (Phi) is 7.46. The molecule has 6 nitrogen and oxygen atoms in total. The largest absolute Gasteiger partial charge is 0.415 e. The number of carbonyl (C=O) groups excluding carboxylic acids is 1. The molecule has 0 aromatic heterocycles. The molecule has 0 N–H and O–H groups in total. The maximum atomic E-state index is 12.3. The minimum Gasteiger partial charge on any atom is -0.410 e. The zero-order chi connectivity index (χ0) is 19.2. The molecule has 0 unspecified atom stereocenters. The number of amides is 1. The third-order valence-corrected chi connectivity index (χ3v) is 5.53. The number of nitrogens with zero attached hydrogens (tertiary/aromatic N) is 1. The maximum absolute atomic E-state index is 12.3. The fourth-order valence-corrected chi connectivity index (χ4v) is 3.75. The van der Waals surface area contributed by atoms with E-state index in [1.807, 2.05) is 19.1 Å². The van der Waals surface area contributed by atoms with Crippen LogP contribution in [0.1, 0.15) is 44.1 Å². The van der Waals surface area contributed by atoms with Crippen LogP contribution < -0.4 is 4.74 Å². The lowest BCUT2D eigenvalue weighted by atomic mass is 9.83. The quantitative estimate of drug-likeness (QED) is 0.530. The van der Waals surface area contributed by atoms with Crippen molar-refractivity contribution < 1.29 is 22.1 Å². The molecule has 1 fully saturated rings. The van der Waals surface area contributed by atoms with Gasteiger partial charge in [-0.2, -0.15) is 8.42 Å². The van der Waals surface area contributed by atoms with Gasteiger partial charge in [0.2, 0.25) is 0 Å². The molecular formula is C19H29NO5S. The van der Waals surface area contributed by atoms with Crippen LogP contribution in [0.15, 0.2) is 24.3 Å². The summed E-state index contributed by atoms with van der Waals surface area (Å²) in [5.74, 6) is 1.13. The van der Waals surface area contributed by atoms with Gasteiger partial charge >= 0.3 is 6.09 Å². The second kappa shape index (κ2) is 9.37. The minimum atomic E-state index is -3.34. The average Bonchev–Trinajstić information content (AvgIpc) is 2.60. The lowest BCUT2D eigenvalue weighted by molar-refractivity contribution is 0.123. The summed E-state index contributed by atoms with van der Waals surface area (Å²) in [5, 5.41) is 0. The van der Waals surface area contributed by atoms with Crippen molar-refractivity contribution in [2.45, 2.75) is 51.5 Å². The third-order valence-electron chi connectivity index (χ3n) is 4.93. The van der Waals surface area contributed by atoms with E-state index in [1.165, 1.54) is 0 Å². The Hall–Kier alpha value is -1.60. The normalized spacial score (nSPS) is 20.6. The van der Waals surface area contributed by atoms with Crippen molar-refractivity contribution in [1.29, 1.82) is 0 Å². The molecule has 146 valence electrons. The van der Waals surface area contributed by atoms with Gasteiger partial charge in [-0.15, -0.1) is 0 Å². The molecular weight excluding hydrogens is 354 g/mol. The Labute approximate surface area is 156 Å². The highest BCUT2D eigenvalue weighted by Gasteiger charge is 2.27. The van der Waals surface area contributed by atoms with Crippen LogP contribution in [0, 0.1) is 12.8 Å². The van der Waals surface area contributed by atoms with Crippen molar-refractivity contribution >= 4 is 16.2 Å². The SMILES string of the molecule is Cc1ccc(OC(=O)N(C)C2CCC(CCCOS(C)(=O)=O)CC2)cc1. The van der Waals surface area contributed by atoms with E-state index >= 15 is 0 Å². The molecule has 0 aliphatic heterocycles. The number of rotatable bonds is 7. The number of aryl methyl sites for hydroxylation is 1. The minimum absolute atomic E-state index is 0.191. The van der Waals surface area contributed by atoms with Gasteiger partial charge in [0, 0.05) is 13.1 Å². The predicted molar refractivity (Wildman–Crippen MR) is 101 cm³/mol. The van der Waals surface area contributed by atoms with Crippen LogP contribution in [0.3, 0.4) is 0 Å². The number of hydrogen-bond acceptors (Lipinski definition) is 5. The summed E-state index contributed by atoms with van der Waals surface area (Å²) in [4.78, 5) is 14.0. The van der Waals surface area contributed by atoms with Gasteiger partial charge in [0.1, 0.15) is 5.75 Å². The first-order valence-corrected chi connectivity index (χ1v) is 10.9. The molecule has 0 bridgehead atoms. The molecule has 0 saturated heterocycles. The summed E-state index contributed by atoms with van der Waals surface area (Å²) in [6.45, 7) is 2.24. The van der Waals surface area contributed by atoms with E-state index < -0.39 is 10.1 Å². The summed E-state index contributed by atoms with van der Waals surface area (Å²) in [6, 6.07) is 7.63. The molecule has 1 amide bonds. The molecule has 0 spiro atoms. The van der Waals surface area contributed by atoms with Crippen molar-refractivity contribution in [3.63, 3.8) is 0 Å². The summed E-state index contributed by atoms with van der Waals surface area (Å²) in [5.41, 5.74) is 1.12. The van der Waals surface area contributed by atoms with Gasteiger partial charge in [-0.1, -0.05) is 17.7 Å². The van der Waals surface area contributed by atoms with E-state index in [1.54, 1.807) is 24.1 Å². The first-order valence-electron chi connectivity index (χ1n) is 9.10. The fourth-order valence-electron chi connectivity index (χ4n) is 3.33. The third kappa shape index (κ3) is 6.96. The highest BCUT2D eigenvalue weighted by Crippen LogP contribution is 2.30. The van der Waals surface area contributed by atoms with Crippen LogP contribution in [0.4, 0.5) is 4.79 Å². The van der Waals surface area contributed by atoms with Crippen molar-refractivity contribution in [3.8, 4) is 5.75 Å². The van der Waals surface area contributed by atoms with Gasteiger partial charge in [-0.3, -0.25) is 4.18 Å². The molecule has 1 aliphatic rings. The van der Waals surface area contributed by atoms with E-state index in [-0.39, 0.29) is 18.7 Å². The summed E-state index contributed by atoms with van der Waals surface area (Å²) < 4.78 is 32.1. The number of hydrogen-bond donors (Lipinski definition) is 0. The van der Waals surface area contributed by atoms with Gasteiger partial charge in [-0.05, 0) is 63.5 Å². The highest BCUT2D eigenvalue weighted by atomic mass is 32.2. The Morgan fingerprint density at radius 2 is 1.77 bits per heavy atom. The molecule has 7 heteroatoms. The molecule has 1 aliphatic carbocycles. The standard InChI is InChI=1S/C19H29NO5S/c1-15-6-12-18(13-7-15)25-19(21)20(2)17-10-8-16(9-11-17)5-4-14-24-26(3,22)23/h6-7,12-13,16-17H,4-5,8-11,14H2,1-3H3. The zero-order valence-electron chi connectivity index (χ0n) is 15.8. The summed E-state index contributed by atoms with van der Waals surface area (Å²) >= 11 is 0. The zero-order valence-corrected chi connectivity index (χ0v) is 16.6. The number of carbonyl (C=O) groups is 1. The van der Waals surface area contributed by atoms with Crippen LogP contribution in [0.25, 0.3) is 0 Å².